The second kappa shape index (κ2) is 10.1. The lowest BCUT2D eigenvalue weighted by Gasteiger charge is -2.19. The van der Waals surface area contributed by atoms with Crippen LogP contribution in [0.15, 0.2) is 24.3 Å². The minimum atomic E-state index is -0.670. The molecule has 164 valence electrons. The molecule has 0 bridgehead atoms. The predicted octanol–water partition coefficient (Wildman–Crippen LogP) is 2.79. The molecule has 2 fully saturated rings. The summed E-state index contributed by atoms with van der Waals surface area (Å²) < 4.78 is 0. The molecule has 0 unspecified atom stereocenters. The summed E-state index contributed by atoms with van der Waals surface area (Å²) >= 11 is 0. The summed E-state index contributed by atoms with van der Waals surface area (Å²) in [6.07, 6.45) is 4.16. The van der Waals surface area contributed by atoms with Gasteiger partial charge in [0.1, 0.15) is 5.54 Å². The largest absolute Gasteiger partial charge is 0.352 e. The number of amides is 4. The van der Waals surface area contributed by atoms with Gasteiger partial charge in [-0.2, -0.15) is 0 Å². The van der Waals surface area contributed by atoms with Crippen molar-refractivity contribution < 1.29 is 14.4 Å². The molecule has 1 heterocycles. The Morgan fingerprint density at radius 2 is 1.73 bits per heavy atom. The average Bonchev–Trinajstić information content (AvgIpc) is 3.31. The van der Waals surface area contributed by atoms with Crippen LogP contribution in [0.1, 0.15) is 63.5 Å². The number of urea groups is 1. The van der Waals surface area contributed by atoms with Gasteiger partial charge in [0.05, 0.1) is 0 Å². The van der Waals surface area contributed by atoms with E-state index in [9.17, 15) is 14.4 Å². The number of carbonyl (C=O) groups is 3. The summed E-state index contributed by atoms with van der Waals surface area (Å²) in [4.78, 5) is 40.6. The Balaban J connectivity index is 1.38. The molecule has 1 spiro atoms. The average molecular weight is 415 g/mol. The fraction of sp³-hybridized carbons (Fsp3) is 0.609. The van der Waals surface area contributed by atoms with Gasteiger partial charge in [-0.25, -0.2) is 4.79 Å². The highest BCUT2D eigenvalue weighted by atomic mass is 16.2. The van der Waals surface area contributed by atoms with Gasteiger partial charge in [-0.3, -0.25) is 19.4 Å². The first-order valence-electron chi connectivity index (χ1n) is 11.2. The van der Waals surface area contributed by atoms with Crippen LogP contribution in [-0.2, 0) is 22.7 Å². The van der Waals surface area contributed by atoms with Crippen LogP contribution in [0, 0.1) is 0 Å². The Labute approximate surface area is 179 Å². The van der Waals surface area contributed by atoms with Gasteiger partial charge in [0, 0.05) is 26.1 Å². The maximum atomic E-state index is 12.6. The molecule has 1 aliphatic carbocycles. The maximum absolute atomic E-state index is 12.6. The third-order valence-corrected chi connectivity index (χ3v) is 6.30. The SMILES string of the molecule is CCN(CC)Cc1ccc(CNC(=O)CCCN2C(=O)NC3(CCCC3)C2=O)cc1. The molecule has 3 rings (SSSR count). The molecule has 1 aromatic rings. The summed E-state index contributed by atoms with van der Waals surface area (Å²) in [6.45, 7) is 8.08. The third-order valence-electron chi connectivity index (χ3n) is 6.30. The predicted molar refractivity (Wildman–Crippen MR) is 116 cm³/mol. The number of nitrogens with zero attached hydrogens (tertiary/aromatic N) is 2. The molecule has 7 heteroatoms. The number of imide groups is 1. The van der Waals surface area contributed by atoms with Gasteiger partial charge in [0.2, 0.25) is 5.91 Å². The molecule has 0 radical (unpaired) electrons. The lowest BCUT2D eigenvalue weighted by molar-refractivity contribution is -0.131. The van der Waals surface area contributed by atoms with Crippen molar-refractivity contribution in [2.45, 2.75) is 71.0 Å². The van der Waals surface area contributed by atoms with Gasteiger partial charge in [-0.15, -0.1) is 0 Å². The molecular weight excluding hydrogens is 380 g/mol. The maximum Gasteiger partial charge on any atom is 0.325 e. The Morgan fingerprint density at radius 3 is 2.37 bits per heavy atom. The first-order chi connectivity index (χ1) is 14.5. The van der Waals surface area contributed by atoms with Crippen LogP contribution in [0.3, 0.4) is 0 Å². The van der Waals surface area contributed by atoms with Crippen LogP contribution in [0.25, 0.3) is 0 Å². The van der Waals surface area contributed by atoms with Crippen molar-refractivity contribution in [1.29, 1.82) is 0 Å². The second-order valence-corrected chi connectivity index (χ2v) is 8.33. The minimum absolute atomic E-state index is 0.0650. The minimum Gasteiger partial charge on any atom is -0.352 e. The highest BCUT2D eigenvalue weighted by molar-refractivity contribution is 6.07. The van der Waals surface area contributed by atoms with Crippen molar-refractivity contribution in [3.8, 4) is 0 Å². The van der Waals surface area contributed by atoms with Crippen LogP contribution in [0.5, 0.6) is 0 Å². The van der Waals surface area contributed by atoms with Gasteiger partial charge < -0.3 is 10.6 Å². The molecule has 0 atom stereocenters. The highest BCUT2D eigenvalue weighted by Crippen LogP contribution is 2.35. The van der Waals surface area contributed by atoms with Crippen molar-refractivity contribution in [3.63, 3.8) is 0 Å². The molecule has 1 saturated heterocycles. The van der Waals surface area contributed by atoms with Gasteiger partial charge in [-0.05, 0) is 43.5 Å². The monoisotopic (exact) mass is 414 g/mol. The van der Waals surface area contributed by atoms with Crippen molar-refractivity contribution in [3.05, 3.63) is 35.4 Å². The second-order valence-electron chi connectivity index (χ2n) is 8.33. The first kappa shape index (κ1) is 22.3. The topological polar surface area (TPSA) is 81.8 Å². The highest BCUT2D eigenvalue weighted by Gasteiger charge is 2.51. The van der Waals surface area contributed by atoms with E-state index in [1.807, 2.05) is 12.1 Å². The van der Waals surface area contributed by atoms with E-state index in [0.717, 1.165) is 50.9 Å². The number of benzene rings is 1. The fourth-order valence-corrected chi connectivity index (χ4v) is 4.35. The first-order valence-corrected chi connectivity index (χ1v) is 11.2. The number of hydrogen-bond donors (Lipinski definition) is 2. The normalized spacial score (nSPS) is 17.8. The Hall–Kier alpha value is -2.41. The van der Waals surface area contributed by atoms with Gasteiger partial charge in [0.15, 0.2) is 0 Å². The van der Waals surface area contributed by atoms with Crippen molar-refractivity contribution in [2.75, 3.05) is 19.6 Å². The van der Waals surface area contributed by atoms with Crippen molar-refractivity contribution in [2.24, 2.45) is 0 Å². The quantitative estimate of drug-likeness (QED) is 0.577. The molecule has 7 nitrogen and oxygen atoms in total. The van der Waals surface area contributed by atoms with Gasteiger partial charge in [-0.1, -0.05) is 51.0 Å². The molecule has 0 aromatic heterocycles. The van der Waals surface area contributed by atoms with E-state index in [2.05, 4.69) is 41.5 Å². The Morgan fingerprint density at radius 1 is 1.10 bits per heavy atom. The number of carbonyl (C=O) groups excluding carboxylic acids is 3. The van der Waals surface area contributed by atoms with E-state index >= 15 is 0 Å². The smallest absolute Gasteiger partial charge is 0.325 e. The fourth-order valence-electron chi connectivity index (χ4n) is 4.35. The molecule has 30 heavy (non-hydrogen) atoms. The summed E-state index contributed by atoms with van der Waals surface area (Å²) in [7, 11) is 0. The number of rotatable bonds is 10. The van der Waals surface area contributed by atoms with Crippen molar-refractivity contribution in [1.82, 2.24) is 20.4 Å². The van der Waals surface area contributed by atoms with Crippen molar-refractivity contribution >= 4 is 17.8 Å². The van der Waals surface area contributed by atoms with E-state index in [0.29, 0.717) is 25.9 Å². The van der Waals surface area contributed by atoms with Crippen LogP contribution in [0.4, 0.5) is 4.79 Å². The molecule has 2 aliphatic rings. The van der Waals surface area contributed by atoms with Gasteiger partial charge in [0.25, 0.3) is 5.91 Å². The zero-order chi connectivity index (χ0) is 21.6. The Kier molecular flexibility index (Phi) is 7.48. The van der Waals surface area contributed by atoms with E-state index in [1.54, 1.807) is 0 Å². The molecule has 1 saturated carbocycles. The summed E-state index contributed by atoms with van der Waals surface area (Å²) in [5.41, 5.74) is 1.66. The lowest BCUT2D eigenvalue weighted by Crippen LogP contribution is -2.44. The molecular formula is C23H34N4O3. The molecule has 4 amide bonds. The Bertz CT molecular complexity index is 752. The zero-order valence-electron chi connectivity index (χ0n) is 18.2. The molecule has 1 aromatic carbocycles. The van der Waals surface area contributed by atoms with E-state index in [4.69, 9.17) is 0 Å². The summed E-state index contributed by atoms with van der Waals surface area (Å²) in [5, 5.41) is 5.80. The zero-order valence-corrected chi connectivity index (χ0v) is 18.2. The van der Waals surface area contributed by atoms with E-state index in [-0.39, 0.29) is 17.8 Å². The van der Waals surface area contributed by atoms with E-state index in [1.165, 1.54) is 10.5 Å². The van der Waals surface area contributed by atoms with Crippen LogP contribution < -0.4 is 10.6 Å². The van der Waals surface area contributed by atoms with Crippen LogP contribution in [0.2, 0.25) is 0 Å². The lowest BCUT2D eigenvalue weighted by atomic mass is 9.98. The summed E-state index contributed by atoms with van der Waals surface area (Å²) in [6, 6.07) is 8.00. The van der Waals surface area contributed by atoms with Crippen LogP contribution >= 0.6 is 0 Å². The molecule has 2 N–H and O–H groups in total. The summed E-state index contributed by atoms with van der Waals surface area (Å²) in [5.74, 6) is -0.180. The standard InChI is InChI=1S/C23H34N4O3/c1-3-26(4-2)17-19-11-9-18(10-12-19)16-24-20(28)8-7-15-27-21(29)23(25-22(27)30)13-5-6-14-23/h9-12H,3-8,13-17H2,1-2H3,(H,24,28)(H,25,30). The van der Waals surface area contributed by atoms with Crippen LogP contribution in [-0.4, -0.2) is 52.8 Å². The third kappa shape index (κ3) is 5.19. The van der Waals surface area contributed by atoms with Gasteiger partial charge >= 0.3 is 6.03 Å². The molecule has 1 aliphatic heterocycles. The van der Waals surface area contributed by atoms with E-state index < -0.39 is 5.54 Å². The number of hydrogen-bond acceptors (Lipinski definition) is 4. The number of nitrogens with one attached hydrogen (secondary N) is 2.